The zero-order valence-electron chi connectivity index (χ0n) is 10.2. The average molecular weight is 252 g/mol. The number of rotatable bonds is 3. The molecular weight excluding hydrogens is 234 g/mol. The van der Waals surface area contributed by atoms with Gasteiger partial charge in [0, 0.05) is 17.7 Å². The molecule has 0 aromatic carbocycles. The maximum Gasteiger partial charge on any atom is 0.166 e. The van der Waals surface area contributed by atoms with Crippen molar-refractivity contribution >= 4 is 17.4 Å². The van der Waals surface area contributed by atoms with Crippen LogP contribution in [0.1, 0.15) is 49.4 Å². The van der Waals surface area contributed by atoms with Crippen LogP contribution in [0.25, 0.3) is 0 Å². The number of ketones is 1. The molecule has 0 amide bonds. The first-order chi connectivity index (χ1) is 8.22. The molecule has 0 bridgehead atoms. The number of pyridine rings is 1. The van der Waals surface area contributed by atoms with Crippen molar-refractivity contribution in [3.8, 4) is 0 Å². The van der Waals surface area contributed by atoms with Gasteiger partial charge >= 0.3 is 0 Å². The molecule has 2 unspecified atom stereocenters. The Balaban J connectivity index is 2.18. The van der Waals surface area contributed by atoms with E-state index >= 15 is 0 Å². The summed E-state index contributed by atoms with van der Waals surface area (Å²) in [6, 6.07) is 3.46. The van der Waals surface area contributed by atoms with E-state index in [9.17, 15) is 4.79 Å². The van der Waals surface area contributed by atoms with Crippen molar-refractivity contribution in [3.05, 3.63) is 29.0 Å². The Morgan fingerprint density at radius 2 is 2.24 bits per heavy atom. The molecule has 0 saturated heterocycles. The topological polar surface area (TPSA) is 30.0 Å². The molecule has 1 fully saturated rings. The summed E-state index contributed by atoms with van der Waals surface area (Å²) < 4.78 is 0. The van der Waals surface area contributed by atoms with E-state index in [0.29, 0.717) is 11.1 Å². The first kappa shape index (κ1) is 12.6. The van der Waals surface area contributed by atoms with Crippen LogP contribution in [0, 0.1) is 11.8 Å². The van der Waals surface area contributed by atoms with Gasteiger partial charge in [-0.05, 0) is 30.9 Å². The van der Waals surface area contributed by atoms with Crippen LogP contribution in [-0.2, 0) is 0 Å². The first-order valence-corrected chi connectivity index (χ1v) is 6.76. The lowest BCUT2D eigenvalue weighted by molar-refractivity contribution is 0.0820. The third-order valence-electron chi connectivity index (χ3n) is 3.78. The molecule has 0 radical (unpaired) electrons. The minimum atomic E-state index is 0.187. The smallest absolute Gasteiger partial charge is 0.166 e. The van der Waals surface area contributed by atoms with Crippen molar-refractivity contribution in [1.82, 2.24) is 4.98 Å². The zero-order chi connectivity index (χ0) is 12.3. The fraction of sp³-hybridized carbons (Fsp3) is 0.571. The lowest BCUT2D eigenvalue weighted by atomic mass is 9.74. The summed E-state index contributed by atoms with van der Waals surface area (Å²) in [5.74, 6) is 0.983. The molecule has 2 atom stereocenters. The molecule has 0 aliphatic heterocycles. The van der Waals surface area contributed by atoms with Gasteiger partial charge in [0.15, 0.2) is 5.78 Å². The average Bonchev–Trinajstić information content (AvgIpc) is 2.38. The Hall–Kier alpha value is -0.890. The Morgan fingerprint density at radius 3 is 2.94 bits per heavy atom. The number of hydrogen-bond acceptors (Lipinski definition) is 2. The van der Waals surface area contributed by atoms with Crippen LogP contribution < -0.4 is 0 Å². The second kappa shape index (κ2) is 5.63. The van der Waals surface area contributed by atoms with Crippen LogP contribution in [0.5, 0.6) is 0 Å². The molecule has 1 aliphatic rings. The summed E-state index contributed by atoms with van der Waals surface area (Å²) in [5.41, 5.74) is 0.718. The lowest BCUT2D eigenvalue weighted by Gasteiger charge is -2.29. The number of nitrogens with zero attached hydrogens (tertiary/aromatic N) is 1. The minimum Gasteiger partial charge on any atom is -0.294 e. The molecule has 2 rings (SSSR count). The zero-order valence-corrected chi connectivity index (χ0v) is 10.9. The fourth-order valence-corrected chi connectivity index (χ4v) is 2.99. The molecule has 92 valence electrons. The van der Waals surface area contributed by atoms with Gasteiger partial charge in [0.05, 0.1) is 0 Å². The van der Waals surface area contributed by atoms with Crippen molar-refractivity contribution < 1.29 is 4.79 Å². The van der Waals surface area contributed by atoms with E-state index in [1.807, 2.05) is 0 Å². The SMILES string of the molecule is CCC1CCCCC1C(=O)c1ccnc(Cl)c1. The van der Waals surface area contributed by atoms with Gasteiger partial charge in [-0.25, -0.2) is 4.98 Å². The van der Waals surface area contributed by atoms with E-state index < -0.39 is 0 Å². The predicted molar refractivity (Wildman–Crippen MR) is 69.3 cm³/mol. The largest absolute Gasteiger partial charge is 0.294 e. The number of carbonyl (C=O) groups excluding carboxylic acids is 1. The molecule has 2 nitrogen and oxygen atoms in total. The third kappa shape index (κ3) is 2.86. The maximum absolute atomic E-state index is 12.4. The molecule has 1 aromatic heterocycles. The number of halogens is 1. The van der Waals surface area contributed by atoms with E-state index in [4.69, 9.17) is 11.6 Å². The van der Waals surface area contributed by atoms with E-state index in [2.05, 4.69) is 11.9 Å². The van der Waals surface area contributed by atoms with E-state index in [1.54, 1.807) is 18.3 Å². The van der Waals surface area contributed by atoms with Gasteiger partial charge in [0.25, 0.3) is 0 Å². The Labute approximate surface area is 107 Å². The van der Waals surface area contributed by atoms with Gasteiger partial charge in [-0.3, -0.25) is 4.79 Å². The van der Waals surface area contributed by atoms with Crippen LogP contribution in [0.3, 0.4) is 0 Å². The fourth-order valence-electron chi connectivity index (χ4n) is 2.81. The van der Waals surface area contributed by atoms with Crippen molar-refractivity contribution in [2.45, 2.75) is 39.0 Å². The highest BCUT2D eigenvalue weighted by Gasteiger charge is 2.30. The van der Waals surface area contributed by atoms with E-state index in [1.165, 1.54) is 19.3 Å². The van der Waals surface area contributed by atoms with Crippen LogP contribution in [0.2, 0.25) is 5.15 Å². The Kier molecular flexibility index (Phi) is 4.16. The first-order valence-electron chi connectivity index (χ1n) is 6.38. The van der Waals surface area contributed by atoms with Gasteiger partial charge in [-0.1, -0.05) is 37.8 Å². The van der Waals surface area contributed by atoms with Gasteiger partial charge in [-0.15, -0.1) is 0 Å². The minimum absolute atomic E-state index is 0.187. The number of aromatic nitrogens is 1. The molecular formula is C14H18ClNO. The second-order valence-electron chi connectivity index (χ2n) is 4.79. The molecule has 17 heavy (non-hydrogen) atoms. The van der Waals surface area contributed by atoms with Crippen LogP contribution in [0.4, 0.5) is 0 Å². The molecule has 0 spiro atoms. The summed E-state index contributed by atoms with van der Waals surface area (Å²) in [6.07, 6.45) is 7.35. The van der Waals surface area contributed by atoms with Gasteiger partial charge in [0.1, 0.15) is 5.15 Å². The monoisotopic (exact) mass is 251 g/mol. The quantitative estimate of drug-likeness (QED) is 0.597. The number of Topliss-reactive ketones (excluding diaryl/α,β-unsaturated/α-hetero) is 1. The molecule has 1 heterocycles. The molecule has 1 aliphatic carbocycles. The Morgan fingerprint density at radius 1 is 1.47 bits per heavy atom. The highest BCUT2D eigenvalue weighted by Crippen LogP contribution is 2.34. The van der Waals surface area contributed by atoms with Crippen LogP contribution >= 0.6 is 11.6 Å². The van der Waals surface area contributed by atoms with E-state index in [0.717, 1.165) is 18.4 Å². The van der Waals surface area contributed by atoms with Crippen LogP contribution in [-0.4, -0.2) is 10.8 Å². The second-order valence-corrected chi connectivity index (χ2v) is 5.18. The van der Waals surface area contributed by atoms with E-state index in [-0.39, 0.29) is 11.7 Å². The summed E-state index contributed by atoms with van der Waals surface area (Å²) >= 11 is 5.83. The summed E-state index contributed by atoms with van der Waals surface area (Å²) in [5, 5.41) is 0.403. The summed E-state index contributed by atoms with van der Waals surface area (Å²) in [7, 11) is 0. The number of carbonyl (C=O) groups is 1. The van der Waals surface area contributed by atoms with Crippen molar-refractivity contribution in [2.24, 2.45) is 11.8 Å². The van der Waals surface area contributed by atoms with Crippen molar-refractivity contribution in [2.75, 3.05) is 0 Å². The van der Waals surface area contributed by atoms with Crippen LogP contribution in [0.15, 0.2) is 18.3 Å². The van der Waals surface area contributed by atoms with Crippen molar-refractivity contribution in [3.63, 3.8) is 0 Å². The third-order valence-corrected chi connectivity index (χ3v) is 3.99. The summed E-state index contributed by atoms with van der Waals surface area (Å²) in [6.45, 7) is 2.18. The highest BCUT2D eigenvalue weighted by atomic mass is 35.5. The molecule has 3 heteroatoms. The number of hydrogen-bond donors (Lipinski definition) is 0. The Bertz CT molecular complexity index is 405. The predicted octanol–water partition coefficient (Wildman–Crippen LogP) is 4.13. The molecule has 1 aromatic rings. The summed E-state index contributed by atoms with van der Waals surface area (Å²) in [4.78, 5) is 16.4. The standard InChI is InChI=1S/C14H18ClNO/c1-2-10-5-3-4-6-12(10)14(17)11-7-8-16-13(15)9-11/h7-10,12H,2-6H2,1H3. The van der Waals surface area contributed by atoms with Gasteiger partial charge < -0.3 is 0 Å². The van der Waals surface area contributed by atoms with Gasteiger partial charge in [-0.2, -0.15) is 0 Å². The molecule has 0 N–H and O–H groups in total. The normalized spacial score (nSPS) is 24.6. The van der Waals surface area contributed by atoms with Gasteiger partial charge in [0.2, 0.25) is 0 Å². The lowest BCUT2D eigenvalue weighted by Crippen LogP contribution is -2.27. The highest BCUT2D eigenvalue weighted by molar-refractivity contribution is 6.29. The maximum atomic E-state index is 12.4. The molecule has 1 saturated carbocycles. The van der Waals surface area contributed by atoms with Crippen molar-refractivity contribution in [1.29, 1.82) is 0 Å².